The Labute approximate surface area is 94.5 Å². The Morgan fingerprint density at radius 2 is 1.40 bits per heavy atom. The summed E-state index contributed by atoms with van der Waals surface area (Å²) in [6.07, 6.45) is 3.01. The molecule has 15 heavy (non-hydrogen) atoms. The molecule has 0 amide bonds. The van der Waals surface area contributed by atoms with Crippen LogP contribution < -0.4 is 5.32 Å². The summed E-state index contributed by atoms with van der Waals surface area (Å²) < 4.78 is 10.9. The third-order valence-corrected chi connectivity index (χ3v) is 1.93. The van der Waals surface area contributed by atoms with E-state index in [1.807, 2.05) is 0 Å². The van der Waals surface area contributed by atoms with Gasteiger partial charge in [0.2, 0.25) is 0 Å². The summed E-state index contributed by atoms with van der Waals surface area (Å²) >= 11 is 0. The van der Waals surface area contributed by atoms with Crippen LogP contribution in [0.25, 0.3) is 0 Å². The minimum atomic E-state index is 0.339. The van der Waals surface area contributed by atoms with E-state index in [0.29, 0.717) is 12.2 Å². The molecule has 0 aliphatic rings. The molecule has 0 radical (unpaired) electrons. The van der Waals surface area contributed by atoms with Gasteiger partial charge in [-0.05, 0) is 47.1 Å². The molecule has 3 nitrogen and oxygen atoms in total. The van der Waals surface area contributed by atoms with Crippen LogP contribution in [-0.4, -0.2) is 38.5 Å². The highest BCUT2D eigenvalue weighted by molar-refractivity contribution is 4.49. The maximum atomic E-state index is 5.45. The molecule has 0 unspecified atom stereocenters. The highest BCUT2D eigenvalue weighted by Gasteiger charge is 1.94. The molecule has 1 N–H and O–H groups in total. The van der Waals surface area contributed by atoms with Gasteiger partial charge < -0.3 is 14.8 Å². The Morgan fingerprint density at radius 1 is 0.800 bits per heavy atom. The van der Waals surface area contributed by atoms with Crippen molar-refractivity contribution in [1.29, 1.82) is 0 Å². The molecule has 0 fully saturated rings. The van der Waals surface area contributed by atoms with E-state index in [9.17, 15) is 0 Å². The lowest BCUT2D eigenvalue weighted by Gasteiger charge is -2.09. The van der Waals surface area contributed by atoms with E-state index >= 15 is 0 Å². The van der Waals surface area contributed by atoms with Crippen LogP contribution in [0.4, 0.5) is 0 Å². The summed E-state index contributed by atoms with van der Waals surface area (Å²) in [5.74, 6) is 0. The van der Waals surface area contributed by atoms with Crippen LogP contribution in [0.5, 0.6) is 0 Å². The largest absolute Gasteiger partial charge is 0.379 e. The van der Waals surface area contributed by atoms with Crippen molar-refractivity contribution >= 4 is 0 Å². The molecule has 0 aromatic heterocycles. The van der Waals surface area contributed by atoms with Gasteiger partial charge in [-0.25, -0.2) is 0 Å². The molecule has 0 aromatic carbocycles. The normalized spacial score (nSPS) is 11.6. The van der Waals surface area contributed by atoms with Crippen LogP contribution in [0.1, 0.15) is 40.5 Å². The van der Waals surface area contributed by atoms with Gasteiger partial charge in [0.15, 0.2) is 0 Å². The molecule has 3 heteroatoms. The van der Waals surface area contributed by atoms with Gasteiger partial charge in [0.05, 0.1) is 18.8 Å². The lowest BCUT2D eigenvalue weighted by Crippen LogP contribution is -2.22. The maximum Gasteiger partial charge on any atom is 0.0594 e. The molecular formula is C12H27NO2. The lowest BCUT2D eigenvalue weighted by molar-refractivity contribution is 0.0744. The number of unbranched alkanes of at least 4 members (excludes halogenated alkanes) is 1. The quantitative estimate of drug-likeness (QED) is 0.569. The first-order valence-corrected chi connectivity index (χ1v) is 6.07. The minimum Gasteiger partial charge on any atom is -0.379 e. The Hall–Kier alpha value is -0.120. The second-order valence-corrected chi connectivity index (χ2v) is 4.30. The molecule has 0 saturated carbocycles. The average molecular weight is 217 g/mol. The second kappa shape index (κ2) is 10.4. The number of hydrogen-bond acceptors (Lipinski definition) is 3. The van der Waals surface area contributed by atoms with Gasteiger partial charge in [0.25, 0.3) is 0 Å². The minimum absolute atomic E-state index is 0.339. The smallest absolute Gasteiger partial charge is 0.0594 e. The highest BCUT2D eigenvalue weighted by atomic mass is 16.5. The molecule has 0 rings (SSSR count). The summed E-state index contributed by atoms with van der Waals surface area (Å²) in [5, 5.41) is 3.35. The molecule has 0 spiro atoms. The van der Waals surface area contributed by atoms with Crippen LogP contribution in [-0.2, 0) is 9.47 Å². The van der Waals surface area contributed by atoms with Crippen LogP contribution in [0, 0.1) is 0 Å². The van der Waals surface area contributed by atoms with E-state index in [2.05, 4.69) is 33.0 Å². The maximum absolute atomic E-state index is 5.45. The van der Waals surface area contributed by atoms with Crippen molar-refractivity contribution in [1.82, 2.24) is 5.32 Å². The van der Waals surface area contributed by atoms with E-state index in [-0.39, 0.29) is 0 Å². The molecule has 0 atom stereocenters. The van der Waals surface area contributed by atoms with Gasteiger partial charge in [0.1, 0.15) is 0 Å². The summed E-state index contributed by atoms with van der Waals surface area (Å²) in [5.41, 5.74) is 0. The van der Waals surface area contributed by atoms with Crippen LogP contribution >= 0.6 is 0 Å². The predicted octanol–water partition coefficient (Wildman–Crippen LogP) is 2.21. The Balaban J connectivity index is 2.93. The fourth-order valence-electron chi connectivity index (χ4n) is 1.16. The van der Waals surface area contributed by atoms with Gasteiger partial charge in [0, 0.05) is 13.2 Å². The van der Waals surface area contributed by atoms with Crippen LogP contribution in [0.15, 0.2) is 0 Å². The zero-order valence-corrected chi connectivity index (χ0v) is 10.7. The molecule has 0 saturated heterocycles. The van der Waals surface area contributed by atoms with Crippen molar-refractivity contribution in [3.05, 3.63) is 0 Å². The molecule has 0 aliphatic heterocycles. The Bertz CT molecular complexity index is 113. The summed E-state index contributed by atoms with van der Waals surface area (Å²) in [6, 6.07) is 0. The van der Waals surface area contributed by atoms with Gasteiger partial charge >= 0.3 is 0 Å². The van der Waals surface area contributed by atoms with Gasteiger partial charge in [-0.2, -0.15) is 0 Å². The van der Waals surface area contributed by atoms with Crippen LogP contribution in [0.2, 0.25) is 0 Å². The SMILES string of the molecule is CC(C)OCCCCNCCOC(C)C. The van der Waals surface area contributed by atoms with E-state index in [0.717, 1.165) is 32.7 Å². The number of nitrogens with one attached hydrogen (secondary N) is 1. The van der Waals surface area contributed by atoms with Gasteiger partial charge in [-0.1, -0.05) is 0 Å². The first-order valence-electron chi connectivity index (χ1n) is 6.07. The second-order valence-electron chi connectivity index (χ2n) is 4.30. The zero-order valence-electron chi connectivity index (χ0n) is 10.7. The average Bonchev–Trinajstić information content (AvgIpc) is 2.14. The van der Waals surface area contributed by atoms with E-state index in [1.165, 1.54) is 6.42 Å². The molecule has 92 valence electrons. The summed E-state index contributed by atoms with van der Waals surface area (Å²) in [7, 11) is 0. The van der Waals surface area contributed by atoms with Gasteiger partial charge in [-0.15, -0.1) is 0 Å². The van der Waals surface area contributed by atoms with E-state index in [1.54, 1.807) is 0 Å². The fraction of sp³-hybridized carbons (Fsp3) is 1.00. The van der Waals surface area contributed by atoms with Crippen LogP contribution in [0.3, 0.4) is 0 Å². The molecule has 0 heterocycles. The topological polar surface area (TPSA) is 30.5 Å². The standard InChI is InChI=1S/C12H27NO2/c1-11(2)14-9-6-5-7-13-8-10-15-12(3)4/h11-13H,5-10H2,1-4H3. The van der Waals surface area contributed by atoms with Crippen molar-refractivity contribution < 1.29 is 9.47 Å². The molecule has 0 aromatic rings. The van der Waals surface area contributed by atoms with Crippen molar-refractivity contribution in [2.24, 2.45) is 0 Å². The molecular weight excluding hydrogens is 190 g/mol. The third kappa shape index (κ3) is 13.9. The third-order valence-electron chi connectivity index (χ3n) is 1.93. The first-order chi connectivity index (χ1) is 7.13. The highest BCUT2D eigenvalue weighted by Crippen LogP contribution is 1.93. The Kier molecular flexibility index (Phi) is 10.3. The lowest BCUT2D eigenvalue weighted by atomic mass is 10.3. The van der Waals surface area contributed by atoms with Gasteiger partial charge in [-0.3, -0.25) is 0 Å². The molecule has 0 aliphatic carbocycles. The monoisotopic (exact) mass is 217 g/mol. The number of hydrogen-bond donors (Lipinski definition) is 1. The first kappa shape index (κ1) is 14.9. The van der Waals surface area contributed by atoms with Crippen molar-refractivity contribution in [2.75, 3.05) is 26.3 Å². The van der Waals surface area contributed by atoms with Crippen molar-refractivity contribution in [3.63, 3.8) is 0 Å². The zero-order chi connectivity index (χ0) is 11.5. The van der Waals surface area contributed by atoms with E-state index < -0.39 is 0 Å². The number of ether oxygens (including phenoxy) is 2. The van der Waals surface area contributed by atoms with Crippen molar-refractivity contribution in [2.45, 2.75) is 52.7 Å². The fourth-order valence-corrected chi connectivity index (χ4v) is 1.16. The Morgan fingerprint density at radius 3 is 2.00 bits per heavy atom. The summed E-state index contributed by atoms with van der Waals surface area (Å²) in [4.78, 5) is 0. The van der Waals surface area contributed by atoms with Crippen molar-refractivity contribution in [3.8, 4) is 0 Å². The number of rotatable bonds is 10. The predicted molar refractivity (Wildman–Crippen MR) is 64.3 cm³/mol. The molecule has 0 bridgehead atoms. The van der Waals surface area contributed by atoms with E-state index in [4.69, 9.17) is 9.47 Å². The summed E-state index contributed by atoms with van der Waals surface area (Å²) in [6.45, 7) is 11.9.